The number of halogens is 1. The van der Waals surface area contributed by atoms with Crippen LogP contribution in [0.5, 0.6) is 11.5 Å². The van der Waals surface area contributed by atoms with Crippen LogP contribution in [-0.4, -0.2) is 15.5 Å². The predicted octanol–water partition coefficient (Wildman–Crippen LogP) is 3.73. The zero-order chi connectivity index (χ0) is 15.3. The van der Waals surface area contributed by atoms with Gasteiger partial charge in [0.2, 0.25) is 0 Å². The second-order valence-corrected chi connectivity index (χ2v) is 5.91. The minimum absolute atomic E-state index is 0.179. The van der Waals surface area contributed by atoms with Crippen LogP contribution < -0.4 is 8.92 Å². The molecule has 6 heteroatoms. The Morgan fingerprint density at radius 3 is 2.48 bits per heavy atom. The van der Waals surface area contributed by atoms with E-state index in [-0.39, 0.29) is 5.75 Å². The number of hydrogen-bond donors (Lipinski definition) is 0. The van der Waals surface area contributed by atoms with Crippen LogP contribution >= 0.6 is 11.6 Å². The maximum atomic E-state index is 11.9. The molecule has 0 atom stereocenters. The van der Waals surface area contributed by atoms with E-state index in [1.54, 1.807) is 36.4 Å². The summed E-state index contributed by atoms with van der Waals surface area (Å²) in [5.74, 6) is 0.691. The molecule has 21 heavy (non-hydrogen) atoms. The van der Waals surface area contributed by atoms with E-state index in [1.165, 1.54) is 25.3 Å². The lowest BCUT2D eigenvalue weighted by atomic mass is 10.2. The maximum absolute atomic E-state index is 11.9. The average molecular weight is 325 g/mol. The first kappa shape index (κ1) is 15.4. The van der Waals surface area contributed by atoms with Crippen molar-refractivity contribution in [2.45, 2.75) is 0 Å². The van der Waals surface area contributed by atoms with Crippen molar-refractivity contribution in [3.63, 3.8) is 0 Å². The minimum Gasteiger partial charge on any atom is -0.497 e. The van der Waals surface area contributed by atoms with Gasteiger partial charge >= 0.3 is 10.1 Å². The molecule has 0 spiro atoms. The van der Waals surface area contributed by atoms with Crippen LogP contribution in [0.1, 0.15) is 5.56 Å². The molecule has 2 rings (SSSR count). The van der Waals surface area contributed by atoms with Gasteiger partial charge in [0, 0.05) is 11.1 Å². The quantitative estimate of drug-likeness (QED) is 0.786. The highest BCUT2D eigenvalue weighted by Gasteiger charge is 2.09. The molecule has 0 bridgehead atoms. The van der Waals surface area contributed by atoms with Crippen molar-refractivity contribution >= 4 is 27.8 Å². The summed E-state index contributed by atoms with van der Waals surface area (Å²) in [5.41, 5.74) is 0.594. The number of methoxy groups -OCH3 is 1. The lowest BCUT2D eigenvalue weighted by Crippen LogP contribution is -2.05. The Morgan fingerprint density at radius 2 is 1.76 bits per heavy atom. The van der Waals surface area contributed by atoms with Gasteiger partial charge in [0.15, 0.2) is 0 Å². The van der Waals surface area contributed by atoms with Crippen molar-refractivity contribution < 1.29 is 17.3 Å². The summed E-state index contributed by atoms with van der Waals surface area (Å²) in [5, 5.41) is 1.43. The molecule has 0 aliphatic rings. The van der Waals surface area contributed by atoms with Gasteiger partial charge in [-0.1, -0.05) is 35.9 Å². The van der Waals surface area contributed by atoms with Crippen LogP contribution in [0.15, 0.2) is 53.9 Å². The van der Waals surface area contributed by atoms with Crippen molar-refractivity contribution in [3.8, 4) is 11.5 Å². The monoisotopic (exact) mass is 324 g/mol. The topological polar surface area (TPSA) is 52.6 Å². The molecule has 4 nitrogen and oxygen atoms in total. The first-order valence-electron chi connectivity index (χ1n) is 6.01. The summed E-state index contributed by atoms with van der Waals surface area (Å²) in [6.45, 7) is 0. The second kappa shape index (κ2) is 6.65. The van der Waals surface area contributed by atoms with E-state index in [1.807, 2.05) is 0 Å². The number of rotatable bonds is 5. The van der Waals surface area contributed by atoms with Gasteiger partial charge in [-0.3, -0.25) is 0 Å². The van der Waals surface area contributed by atoms with E-state index in [0.717, 1.165) is 5.41 Å². The van der Waals surface area contributed by atoms with Gasteiger partial charge in [0.05, 0.1) is 12.5 Å². The molecule has 0 N–H and O–H groups in total. The van der Waals surface area contributed by atoms with Crippen LogP contribution in [0.25, 0.3) is 6.08 Å². The number of ether oxygens (including phenoxy) is 1. The molecule has 2 aromatic rings. The summed E-state index contributed by atoms with van der Waals surface area (Å²) in [4.78, 5) is 0. The zero-order valence-electron chi connectivity index (χ0n) is 11.2. The molecule has 0 aliphatic carbocycles. The molecule has 110 valence electrons. The number of benzene rings is 2. The fourth-order valence-corrected chi connectivity index (χ4v) is 2.52. The van der Waals surface area contributed by atoms with E-state index in [0.29, 0.717) is 16.3 Å². The van der Waals surface area contributed by atoms with E-state index in [4.69, 9.17) is 20.5 Å². The zero-order valence-corrected chi connectivity index (χ0v) is 12.8. The Balaban J connectivity index is 2.17. The third-order valence-corrected chi connectivity index (χ3v) is 3.81. The summed E-state index contributed by atoms with van der Waals surface area (Å²) in [6, 6.07) is 13.3. The van der Waals surface area contributed by atoms with Crippen molar-refractivity contribution in [3.05, 3.63) is 64.5 Å². The summed E-state index contributed by atoms with van der Waals surface area (Å²) >= 11 is 5.95. The minimum atomic E-state index is -3.87. The standard InChI is InChI=1S/C15H13ClO4S/c1-19-13-6-4-7-14(11-13)20-21(17,18)10-9-12-5-2-3-8-15(12)16/h2-11H,1H3/b10-9+. The molecule has 0 unspecified atom stereocenters. The van der Waals surface area contributed by atoms with E-state index >= 15 is 0 Å². The fraction of sp³-hybridized carbons (Fsp3) is 0.0667. The van der Waals surface area contributed by atoms with Crippen LogP contribution in [0.2, 0.25) is 5.02 Å². The van der Waals surface area contributed by atoms with Gasteiger partial charge in [0.1, 0.15) is 11.5 Å². The van der Waals surface area contributed by atoms with Gasteiger partial charge in [0.25, 0.3) is 0 Å². The molecule has 0 heterocycles. The molecule has 2 aromatic carbocycles. The van der Waals surface area contributed by atoms with Crippen molar-refractivity contribution in [2.75, 3.05) is 7.11 Å². The Labute approximate surface area is 128 Å². The molecule has 0 aromatic heterocycles. The Morgan fingerprint density at radius 1 is 1.05 bits per heavy atom. The first-order chi connectivity index (χ1) is 10.00. The Bertz CT molecular complexity index is 754. The molecule has 0 aliphatic heterocycles. The summed E-state index contributed by atoms with van der Waals surface area (Å²) < 4.78 is 33.8. The Hall–Kier alpha value is -1.98. The smallest absolute Gasteiger partial charge is 0.332 e. The first-order valence-corrected chi connectivity index (χ1v) is 7.86. The van der Waals surface area contributed by atoms with Crippen molar-refractivity contribution in [1.29, 1.82) is 0 Å². The van der Waals surface area contributed by atoms with E-state index in [2.05, 4.69) is 0 Å². The molecule has 0 fully saturated rings. The van der Waals surface area contributed by atoms with E-state index in [9.17, 15) is 8.42 Å². The van der Waals surface area contributed by atoms with Gasteiger partial charge < -0.3 is 8.92 Å². The highest BCUT2D eigenvalue weighted by Crippen LogP contribution is 2.22. The lowest BCUT2D eigenvalue weighted by Gasteiger charge is -2.05. The lowest BCUT2D eigenvalue weighted by molar-refractivity contribution is 0.412. The van der Waals surface area contributed by atoms with Gasteiger partial charge in [-0.2, -0.15) is 8.42 Å². The Kier molecular flexibility index (Phi) is 4.88. The highest BCUT2D eigenvalue weighted by molar-refractivity contribution is 7.90. The largest absolute Gasteiger partial charge is 0.497 e. The van der Waals surface area contributed by atoms with Crippen LogP contribution in [-0.2, 0) is 10.1 Å². The molecule has 0 radical (unpaired) electrons. The highest BCUT2D eigenvalue weighted by atomic mass is 35.5. The summed E-state index contributed by atoms with van der Waals surface area (Å²) in [7, 11) is -2.38. The maximum Gasteiger partial charge on any atom is 0.332 e. The van der Waals surface area contributed by atoms with Crippen LogP contribution in [0.4, 0.5) is 0 Å². The second-order valence-electron chi connectivity index (χ2n) is 4.08. The average Bonchev–Trinajstić information content (AvgIpc) is 2.46. The van der Waals surface area contributed by atoms with Gasteiger partial charge in [-0.15, -0.1) is 0 Å². The fourth-order valence-electron chi connectivity index (χ4n) is 1.58. The van der Waals surface area contributed by atoms with Crippen LogP contribution in [0.3, 0.4) is 0 Å². The molecular weight excluding hydrogens is 312 g/mol. The molecule has 0 saturated carbocycles. The molecule has 0 saturated heterocycles. The normalized spacial score (nSPS) is 11.5. The summed E-state index contributed by atoms with van der Waals surface area (Å²) in [6.07, 6.45) is 1.39. The van der Waals surface area contributed by atoms with Crippen molar-refractivity contribution in [2.24, 2.45) is 0 Å². The predicted molar refractivity (Wildman–Crippen MR) is 83.0 cm³/mol. The number of hydrogen-bond acceptors (Lipinski definition) is 4. The van der Waals surface area contributed by atoms with Gasteiger partial charge in [-0.05, 0) is 29.8 Å². The van der Waals surface area contributed by atoms with Gasteiger partial charge in [-0.25, -0.2) is 0 Å². The van der Waals surface area contributed by atoms with E-state index < -0.39 is 10.1 Å². The SMILES string of the molecule is COc1cccc(OS(=O)(=O)/C=C/c2ccccc2Cl)c1. The van der Waals surface area contributed by atoms with Crippen molar-refractivity contribution in [1.82, 2.24) is 0 Å². The molecular formula is C15H13ClO4S. The third-order valence-electron chi connectivity index (χ3n) is 2.57. The van der Waals surface area contributed by atoms with Crippen LogP contribution in [0, 0.1) is 0 Å². The third kappa shape index (κ3) is 4.51. The molecule has 0 amide bonds.